The van der Waals surface area contributed by atoms with E-state index in [1.165, 1.54) is 0 Å². The third-order valence-corrected chi connectivity index (χ3v) is 3.66. The van der Waals surface area contributed by atoms with Crippen molar-refractivity contribution in [3.8, 4) is 0 Å². The number of rotatable bonds is 4. The summed E-state index contributed by atoms with van der Waals surface area (Å²) in [6, 6.07) is 7.79. The molecule has 0 aliphatic rings. The molecular formula is C15H21N3O. The van der Waals surface area contributed by atoms with Gasteiger partial charge in [0.15, 0.2) is 5.82 Å². The Morgan fingerprint density at radius 1 is 1.26 bits per heavy atom. The number of nitrogens with zero attached hydrogens (tertiary/aromatic N) is 2. The average Bonchev–Trinajstić information content (AvgIpc) is 2.88. The van der Waals surface area contributed by atoms with Gasteiger partial charge in [0, 0.05) is 11.6 Å². The van der Waals surface area contributed by atoms with Crippen molar-refractivity contribution >= 4 is 5.69 Å². The van der Waals surface area contributed by atoms with Crippen molar-refractivity contribution in [3.63, 3.8) is 0 Å². The molecule has 0 saturated carbocycles. The minimum absolute atomic E-state index is 0.313. The molecule has 0 bridgehead atoms. The summed E-state index contributed by atoms with van der Waals surface area (Å²) >= 11 is 0. The molecule has 4 nitrogen and oxygen atoms in total. The molecule has 102 valence electrons. The summed E-state index contributed by atoms with van der Waals surface area (Å²) < 4.78 is 5.44. The number of aromatic nitrogens is 2. The molecule has 2 N–H and O–H groups in total. The van der Waals surface area contributed by atoms with E-state index in [1.54, 1.807) is 0 Å². The van der Waals surface area contributed by atoms with Gasteiger partial charge in [-0.15, -0.1) is 0 Å². The molecule has 0 radical (unpaired) electrons. The van der Waals surface area contributed by atoms with Crippen LogP contribution in [0.4, 0.5) is 5.69 Å². The first-order valence-corrected chi connectivity index (χ1v) is 6.65. The largest absolute Gasteiger partial charge is 0.399 e. The summed E-state index contributed by atoms with van der Waals surface area (Å²) in [4.78, 5) is 4.54. The molecule has 1 heterocycles. The van der Waals surface area contributed by atoms with E-state index in [0.717, 1.165) is 23.5 Å². The Hall–Kier alpha value is -1.84. The second-order valence-electron chi connectivity index (χ2n) is 5.51. The Labute approximate surface area is 114 Å². The molecule has 1 unspecified atom stereocenters. The van der Waals surface area contributed by atoms with Crippen molar-refractivity contribution in [3.05, 3.63) is 41.5 Å². The van der Waals surface area contributed by atoms with Crippen molar-refractivity contribution in [1.82, 2.24) is 10.1 Å². The van der Waals surface area contributed by atoms with Crippen LogP contribution >= 0.6 is 0 Å². The van der Waals surface area contributed by atoms with Gasteiger partial charge in [-0.05, 0) is 38.0 Å². The van der Waals surface area contributed by atoms with E-state index in [4.69, 9.17) is 10.3 Å². The third kappa shape index (κ3) is 2.62. The average molecular weight is 259 g/mol. The van der Waals surface area contributed by atoms with Crippen molar-refractivity contribution in [2.45, 2.75) is 45.4 Å². The highest BCUT2D eigenvalue weighted by molar-refractivity contribution is 5.42. The van der Waals surface area contributed by atoms with Crippen LogP contribution in [-0.4, -0.2) is 10.1 Å². The number of hydrogen-bond donors (Lipinski definition) is 1. The van der Waals surface area contributed by atoms with E-state index in [-0.39, 0.29) is 5.41 Å². The fourth-order valence-electron chi connectivity index (χ4n) is 1.89. The second-order valence-corrected chi connectivity index (χ2v) is 5.51. The van der Waals surface area contributed by atoms with Crippen molar-refractivity contribution < 1.29 is 4.52 Å². The molecule has 0 saturated heterocycles. The summed E-state index contributed by atoms with van der Waals surface area (Å²) in [5.41, 5.74) is 7.27. The Kier molecular flexibility index (Phi) is 3.60. The van der Waals surface area contributed by atoms with E-state index in [1.807, 2.05) is 24.3 Å². The fraction of sp³-hybridized carbons (Fsp3) is 0.467. The van der Waals surface area contributed by atoms with Gasteiger partial charge in [-0.3, -0.25) is 0 Å². The predicted octanol–water partition coefficient (Wildman–Crippen LogP) is 3.49. The van der Waals surface area contributed by atoms with E-state index in [2.05, 4.69) is 37.8 Å². The van der Waals surface area contributed by atoms with Crippen LogP contribution in [0.3, 0.4) is 0 Å². The Morgan fingerprint density at radius 2 is 1.89 bits per heavy atom. The van der Waals surface area contributed by atoms with Crippen LogP contribution in [-0.2, 0) is 5.41 Å². The maximum Gasteiger partial charge on any atom is 0.236 e. The molecule has 19 heavy (non-hydrogen) atoms. The summed E-state index contributed by atoms with van der Waals surface area (Å²) in [6.07, 6.45) is 1.00. The second kappa shape index (κ2) is 5.03. The Balaban J connectivity index is 2.33. The van der Waals surface area contributed by atoms with Gasteiger partial charge in [-0.1, -0.05) is 31.1 Å². The number of benzene rings is 1. The number of anilines is 1. The summed E-state index contributed by atoms with van der Waals surface area (Å²) in [7, 11) is 0. The minimum atomic E-state index is -0.313. The van der Waals surface area contributed by atoms with Gasteiger partial charge in [-0.25, -0.2) is 0 Å². The molecule has 0 aliphatic heterocycles. The molecule has 1 aromatic carbocycles. The monoisotopic (exact) mass is 259 g/mol. The quantitative estimate of drug-likeness (QED) is 0.853. The van der Waals surface area contributed by atoms with Crippen molar-refractivity contribution in [1.29, 1.82) is 0 Å². The van der Waals surface area contributed by atoms with Gasteiger partial charge < -0.3 is 10.3 Å². The molecule has 0 amide bonds. The smallest absolute Gasteiger partial charge is 0.236 e. The summed E-state index contributed by atoms with van der Waals surface area (Å²) in [5.74, 6) is 1.74. The lowest BCUT2D eigenvalue weighted by atomic mass is 9.84. The maximum atomic E-state index is 5.72. The van der Waals surface area contributed by atoms with Gasteiger partial charge in [0.1, 0.15) is 0 Å². The van der Waals surface area contributed by atoms with E-state index in [9.17, 15) is 0 Å². The summed E-state index contributed by atoms with van der Waals surface area (Å²) in [5, 5.41) is 4.09. The molecule has 2 aromatic rings. The van der Waals surface area contributed by atoms with Gasteiger partial charge in [-0.2, -0.15) is 4.98 Å². The molecule has 1 atom stereocenters. The van der Waals surface area contributed by atoms with Crippen LogP contribution < -0.4 is 5.73 Å². The fourth-order valence-corrected chi connectivity index (χ4v) is 1.89. The van der Waals surface area contributed by atoms with Crippen LogP contribution in [0.2, 0.25) is 0 Å². The molecule has 0 fully saturated rings. The minimum Gasteiger partial charge on any atom is -0.399 e. The van der Waals surface area contributed by atoms with E-state index >= 15 is 0 Å². The van der Waals surface area contributed by atoms with E-state index < -0.39 is 0 Å². The summed E-state index contributed by atoms with van der Waals surface area (Å²) in [6.45, 7) is 8.37. The lowest BCUT2D eigenvalue weighted by Gasteiger charge is -2.20. The van der Waals surface area contributed by atoms with E-state index in [0.29, 0.717) is 11.8 Å². The number of hydrogen-bond acceptors (Lipinski definition) is 4. The lowest BCUT2D eigenvalue weighted by molar-refractivity contribution is 0.328. The molecular weight excluding hydrogens is 238 g/mol. The van der Waals surface area contributed by atoms with Crippen molar-refractivity contribution in [2.24, 2.45) is 0 Å². The van der Waals surface area contributed by atoms with Crippen molar-refractivity contribution in [2.75, 3.05) is 5.73 Å². The SMILES string of the molecule is CCC(C)c1noc(C(C)(C)c2ccc(N)cc2)n1. The first-order chi connectivity index (χ1) is 8.95. The van der Waals surface area contributed by atoms with Gasteiger partial charge in [0.2, 0.25) is 5.89 Å². The topological polar surface area (TPSA) is 64.9 Å². The molecule has 2 rings (SSSR count). The highest BCUT2D eigenvalue weighted by Crippen LogP contribution is 2.31. The number of nitrogens with two attached hydrogens (primary N) is 1. The van der Waals surface area contributed by atoms with Crippen LogP contribution in [0.25, 0.3) is 0 Å². The van der Waals surface area contributed by atoms with Gasteiger partial charge in [0.25, 0.3) is 0 Å². The zero-order valence-electron chi connectivity index (χ0n) is 12.0. The predicted molar refractivity (Wildman–Crippen MR) is 76.0 cm³/mol. The normalized spacial score (nSPS) is 13.5. The van der Waals surface area contributed by atoms with Crippen LogP contribution in [0.15, 0.2) is 28.8 Å². The zero-order chi connectivity index (χ0) is 14.0. The first-order valence-electron chi connectivity index (χ1n) is 6.65. The third-order valence-electron chi connectivity index (χ3n) is 3.66. The lowest BCUT2D eigenvalue weighted by Crippen LogP contribution is -2.19. The zero-order valence-corrected chi connectivity index (χ0v) is 12.0. The Morgan fingerprint density at radius 3 is 2.47 bits per heavy atom. The number of nitrogen functional groups attached to an aromatic ring is 1. The highest BCUT2D eigenvalue weighted by atomic mass is 16.5. The van der Waals surface area contributed by atoms with Crippen LogP contribution in [0, 0.1) is 0 Å². The molecule has 4 heteroatoms. The van der Waals surface area contributed by atoms with Crippen LogP contribution in [0.1, 0.15) is 57.3 Å². The van der Waals surface area contributed by atoms with Crippen LogP contribution in [0.5, 0.6) is 0 Å². The molecule has 1 aromatic heterocycles. The first kappa shape index (κ1) is 13.6. The molecule has 0 spiro atoms. The van der Waals surface area contributed by atoms with Gasteiger partial charge >= 0.3 is 0 Å². The standard InChI is InChI=1S/C15H21N3O/c1-5-10(2)13-17-14(19-18-13)15(3,4)11-6-8-12(16)9-7-11/h6-10H,5,16H2,1-4H3. The Bertz CT molecular complexity index is 543. The highest BCUT2D eigenvalue weighted by Gasteiger charge is 2.30. The van der Waals surface area contributed by atoms with Gasteiger partial charge in [0.05, 0.1) is 5.41 Å². The maximum absolute atomic E-state index is 5.72. The molecule has 0 aliphatic carbocycles.